The molecule has 0 N–H and O–H groups in total. The van der Waals surface area contributed by atoms with Gasteiger partial charge in [-0.05, 0) is 13.3 Å². The molecule has 0 radical (unpaired) electrons. The molecule has 2 aromatic rings. The Bertz CT molecular complexity index is 655. The zero-order chi connectivity index (χ0) is 13.3. The van der Waals surface area contributed by atoms with Gasteiger partial charge in [-0.15, -0.1) is 0 Å². The second-order valence-corrected chi connectivity index (χ2v) is 6.18. The van der Waals surface area contributed by atoms with Gasteiger partial charge in [0.15, 0.2) is 9.84 Å². The fourth-order valence-electron chi connectivity index (χ4n) is 1.70. The average Bonchev–Trinajstić information content (AvgIpc) is 2.87. The molecule has 0 amide bonds. The lowest BCUT2D eigenvalue weighted by Crippen LogP contribution is -2.03. The largest absolute Gasteiger partial charge is 0.361 e. The summed E-state index contributed by atoms with van der Waals surface area (Å²) in [5.41, 5.74) is 1.84. The van der Waals surface area contributed by atoms with Crippen molar-refractivity contribution in [1.29, 1.82) is 0 Å². The minimum absolute atomic E-state index is 0.217. The van der Waals surface area contributed by atoms with E-state index in [0.717, 1.165) is 29.7 Å². The smallest absolute Gasteiger partial charge is 0.178 e. The molecule has 2 rings (SSSR count). The van der Waals surface area contributed by atoms with Crippen LogP contribution in [0.2, 0.25) is 0 Å². The highest BCUT2D eigenvalue weighted by Crippen LogP contribution is 2.16. The minimum atomic E-state index is -3.21. The predicted molar refractivity (Wildman–Crippen MR) is 65.1 cm³/mol. The summed E-state index contributed by atoms with van der Waals surface area (Å²) < 4.78 is 29.4. The molecule has 0 aliphatic rings. The van der Waals surface area contributed by atoms with Crippen molar-refractivity contribution in [3.8, 4) is 0 Å². The number of nitrogens with zero attached hydrogens (tertiary/aromatic N) is 3. The Morgan fingerprint density at radius 3 is 2.72 bits per heavy atom. The summed E-state index contributed by atoms with van der Waals surface area (Å²) in [5.74, 6) is 0.739. The summed E-state index contributed by atoms with van der Waals surface area (Å²) in [6, 6.07) is 0. The van der Waals surface area contributed by atoms with E-state index in [2.05, 4.69) is 10.3 Å². The topological polar surface area (TPSA) is 78.0 Å². The third-order valence-corrected chi connectivity index (χ3v) is 3.83. The first-order chi connectivity index (χ1) is 8.41. The van der Waals surface area contributed by atoms with Crippen LogP contribution in [-0.2, 0) is 22.8 Å². The first-order valence-electron chi connectivity index (χ1n) is 5.58. The van der Waals surface area contributed by atoms with E-state index in [0.29, 0.717) is 6.54 Å². The predicted octanol–water partition coefficient (Wildman–Crippen LogP) is 1.19. The summed E-state index contributed by atoms with van der Waals surface area (Å²) in [6.45, 7) is 4.29. The second-order valence-electron chi connectivity index (χ2n) is 4.16. The van der Waals surface area contributed by atoms with E-state index in [1.807, 2.05) is 13.8 Å². The molecule has 0 atom stereocenters. The van der Waals surface area contributed by atoms with E-state index in [9.17, 15) is 8.42 Å². The summed E-state index contributed by atoms with van der Waals surface area (Å²) in [6.07, 6.45) is 4.80. The third-order valence-electron chi connectivity index (χ3n) is 2.76. The van der Waals surface area contributed by atoms with Crippen molar-refractivity contribution in [3.63, 3.8) is 0 Å². The number of hydrogen-bond donors (Lipinski definition) is 0. The lowest BCUT2D eigenvalue weighted by atomic mass is 10.1. The van der Waals surface area contributed by atoms with Gasteiger partial charge in [-0.2, -0.15) is 5.10 Å². The lowest BCUT2D eigenvalue weighted by molar-refractivity contribution is 0.390. The van der Waals surface area contributed by atoms with Crippen LogP contribution in [0.3, 0.4) is 0 Å². The average molecular weight is 269 g/mol. The molecule has 0 saturated heterocycles. The maximum absolute atomic E-state index is 11.4. The van der Waals surface area contributed by atoms with Crippen molar-refractivity contribution in [2.24, 2.45) is 0 Å². The van der Waals surface area contributed by atoms with Gasteiger partial charge in [0.25, 0.3) is 0 Å². The number of aryl methyl sites for hydroxylation is 2. The Morgan fingerprint density at radius 1 is 1.44 bits per heavy atom. The molecule has 2 aromatic heterocycles. The number of sulfone groups is 1. The molecule has 2 heterocycles. The molecule has 0 bridgehead atoms. The molecule has 18 heavy (non-hydrogen) atoms. The standard InChI is InChI=1S/C11H15N3O3S/c1-4-11-10(8(2)17-13-11)7-14-6-9(5-12-14)18(3,15)16/h5-6H,4,7H2,1-3H3. The van der Waals surface area contributed by atoms with Gasteiger partial charge in [0, 0.05) is 18.0 Å². The van der Waals surface area contributed by atoms with Crippen molar-refractivity contribution >= 4 is 9.84 Å². The van der Waals surface area contributed by atoms with E-state index in [1.165, 1.54) is 12.4 Å². The minimum Gasteiger partial charge on any atom is -0.361 e. The van der Waals surface area contributed by atoms with E-state index >= 15 is 0 Å². The zero-order valence-electron chi connectivity index (χ0n) is 10.5. The van der Waals surface area contributed by atoms with Gasteiger partial charge in [-0.25, -0.2) is 8.42 Å². The van der Waals surface area contributed by atoms with Crippen LogP contribution in [0.4, 0.5) is 0 Å². The summed E-state index contributed by atoms with van der Waals surface area (Å²) >= 11 is 0. The van der Waals surface area contributed by atoms with Gasteiger partial charge in [0.2, 0.25) is 0 Å². The van der Waals surface area contributed by atoms with Gasteiger partial charge in [0.1, 0.15) is 10.7 Å². The highest BCUT2D eigenvalue weighted by atomic mass is 32.2. The summed E-state index contributed by atoms with van der Waals surface area (Å²) in [4.78, 5) is 0.217. The zero-order valence-corrected chi connectivity index (χ0v) is 11.4. The van der Waals surface area contributed by atoms with Gasteiger partial charge < -0.3 is 4.52 Å². The Labute approximate surface area is 106 Å². The second kappa shape index (κ2) is 4.56. The van der Waals surface area contributed by atoms with Gasteiger partial charge >= 0.3 is 0 Å². The maximum Gasteiger partial charge on any atom is 0.178 e. The normalized spacial score (nSPS) is 11.9. The quantitative estimate of drug-likeness (QED) is 0.833. The Hall–Kier alpha value is -1.63. The van der Waals surface area contributed by atoms with Crippen LogP contribution < -0.4 is 0 Å². The molecular formula is C11H15N3O3S. The Morgan fingerprint density at radius 2 is 2.17 bits per heavy atom. The first kappa shape index (κ1) is 12.8. The Balaban J connectivity index is 2.29. The van der Waals surface area contributed by atoms with Crippen LogP contribution >= 0.6 is 0 Å². The fourth-order valence-corrected chi connectivity index (χ4v) is 2.25. The number of rotatable bonds is 4. The highest BCUT2D eigenvalue weighted by Gasteiger charge is 2.14. The van der Waals surface area contributed by atoms with E-state index in [4.69, 9.17) is 4.52 Å². The fraction of sp³-hybridized carbons (Fsp3) is 0.455. The monoisotopic (exact) mass is 269 g/mol. The molecule has 0 aromatic carbocycles. The number of aromatic nitrogens is 3. The van der Waals surface area contributed by atoms with E-state index < -0.39 is 9.84 Å². The van der Waals surface area contributed by atoms with E-state index in [-0.39, 0.29) is 4.90 Å². The molecule has 98 valence electrons. The molecule has 0 unspecified atom stereocenters. The molecule has 0 aliphatic carbocycles. The van der Waals surface area contributed by atoms with E-state index in [1.54, 1.807) is 4.68 Å². The van der Waals surface area contributed by atoms with Crippen molar-refractivity contribution in [2.75, 3.05) is 6.26 Å². The van der Waals surface area contributed by atoms with Gasteiger partial charge in [-0.1, -0.05) is 12.1 Å². The molecular weight excluding hydrogens is 254 g/mol. The van der Waals surface area contributed by atoms with Gasteiger partial charge in [0.05, 0.1) is 18.4 Å². The van der Waals surface area contributed by atoms with Crippen molar-refractivity contribution in [2.45, 2.75) is 31.7 Å². The van der Waals surface area contributed by atoms with Crippen LogP contribution in [-0.4, -0.2) is 29.6 Å². The molecule has 0 fully saturated rings. The summed E-state index contributed by atoms with van der Waals surface area (Å²) in [5, 5.41) is 7.99. The van der Waals surface area contributed by atoms with Crippen molar-refractivity contribution in [3.05, 3.63) is 29.4 Å². The van der Waals surface area contributed by atoms with Crippen LogP contribution in [0.25, 0.3) is 0 Å². The molecule has 7 heteroatoms. The lowest BCUT2D eigenvalue weighted by Gasteiger charge is -2.01. The molecule has 0 aliphatic heterocycles. The molecule has 6 nitrogen and oxygen atoms in total. The van der Waals surface area contributed by atoms with Crippen LogP contribution in [0.1, 0.15) is 23.9 Å². The highest BCUT2D eigenvalue weighted by molar-refractivity contribution is 7.90. The Kier molecular flexibility index (Phi) is 3.25. The van der Waals surface area contributed by atoms with Crippen LogP contribution in [0.15, 0.2) is 21.8 Å². The molecule has 0 spiro atoms. The SMILES string of the molecule is CCc1noc(C)c1Cn1cc(S(C)(=O)=O)cn1. The van der Waals surface area contributed by atoms with Crippen LogP contribution in [0, 0.1) is 6.92 Å². The summed E-state index contributed by atoms with van der Waals surface area (Å²) in [7, 11) is -3.21. The van der Waals surface area contributed by atoms with Crippen LogP contribution in [0.5, 0.6) is 0 Å². The first-order valence-corrected chi connectivity index (χ1v) is 7.47. The van der Waals surface area contributed by atoms with Gasteiger partial charge in [-0.3, -0.25) is 4.68 Å². The number of hydrogen-bond acceptors (Lipinski definition) is 5. The maximum atomic E-state index is 11.4. The van der Waals surface area contributed by atoms with Crippen molar-refractivity contribution < 1.29 is 12.9 Å². The molecule has 0 saturated carbocycles. The van der Waals surface area contributed by atoms with Crippen molar-refractivity contribution in [1.82, 2.24) is 14.9 Å². The third kappa shape index (κ3) is 2.45.